The minimum Gasteiger partial charge on any atom is -0.454 e. The number of hydrogen-bond acceptors (Lipinski definition) is 7. The molecule has 2 amide bonds. The van der Waals surface area contributed by atoms with Crippen molar-refractivity contribution in [2.45, 2.75) is 0 Å². The Bertz CT molecular complexity index is 731. The fourth-order valence-corrected chi connectivity index (χ4v) is 2.40. The standard InChI is InChI=1S/C15H12ClNO7/c16-10-5-9(6-11-14(10)24-8-23-11)1-2-13(19)22-7-12(18)17-3-4-21-15(17)20/h1-2,5-6H,3-4,7-8H2/b2-1+. The Hall–Kier alpha value is -2.74. The Morgan fingerprint density at radius 1 is 1.29 bits per heavy atom. The molecule has 0 bridgehead atoms. The van der Waals surface area contributed by atoms with Gasteiger partial charge in [0, 0.05) is 6.08 Å². The van der Waals surface area contributed by atoms with Crippen molar-refractivity contribution in [1.82, 2.24) is 4.90 Å². The largest absolute Gasteiger partial charge is 0.454 e. The summed E-state index contributed by atoms with van der Waals surface area (Å²) < 4.78 is 19.8. The van der Waals surface area contributed by atoms with Crippen LogP contribution >= 0.6 is 11.6 Å². The lowest BCUT2D eigenvalue weighted by molar-refractivity contribution is -0.146. The van der Waals surface area contributed by atoms with Crippen LogP contribution in [0.4, 0.5) is 4.79 Å². The number of carbonyl (C=O) groups is 3. The van der Waals surface area contributed by atoms with Gasteiger partial charge in [-0.1, -0.05) is 11.6 Å². The third kappa shape index (κ3) is 3.43. The molecule has 0 radical (unpaired) electrons. The van der Waals surface area contributed by atoms with Gasteiger partial charge in [-0.15, -0.1) is 0 Å². The molecule has 0 saturated carbocycles. The van der Waals surface area contributed by atoms with Gasteiger partial charge in [0.15, 0.2) is 18.1 Å². The summed E-state index contributed by atoms with van der Waals surface area (Å²) in [5.41, 5.74) is 0.607. The third-order valence-corrected chi connectivity index (χ3v) is 3.54. The number of rotatable bonds is 4. The van der Waals surface area contributed by atoms with Crippen LogP contribution in [0.25, 0.3) is 6.08 Å². The third-order valence-electron chi connectivity index (χ3n) is 3.26. The number of hydrogen-bond donors (Lipinski definition) is 0. The number of imide groups is 1. The molecular formula is C15H12ClNO7. The maximum atomic E-state index is 11.7. The number of benzene rings is 1. The van der Waals surface area contributed by atoms with Crippen LogP contribution < -0.4 is 9.47 Å². The van der Waals surface area contributed by atoms with Gasteiger partial charge in [-0.05, 0) is 23.8 Å². The van der Waals surface area contributed by atoms with Gasteiger partial charge in [0.25, 0.3) is 5.91 Å². The summed E-state index contributed by atoms with van der Waals surface area (Å²) in [4.78, 5) is 35.4. The van der Waals surface area contributed by atoms with E-state index in [9.17, 15) is 14.4 Å². The summed E-state index contributed by atoms with van der Waals surface area (Å²) >= 11 is 6.03. The summed E-state index contributed by atoms with van der Waals surface area (Å²) in [5.74, 6) is -0.423. The fourth-order valence-electron chi connectivity index (χ4n) is 2.13. The van der Waals surface area contributed by atoms with E-state index in [1.54, 1.807) is 12.1 Å². The van der Waals surface area contributed by atoms with Gasteiger partial charge in [0.1, 0.15) is 6.61 Å². The number of esters is 1. The van der Waals surface area contributed by atoms with Crippen LogP contribution in [0.2, 0.25) is 5.02 Å². The van der Waals surface area contributed by atoms with Gasteiger partial charge >= 0.3 is 12.1 Å². The van der Waals surface area contributed by atoms with Crippen molar-refractivity contribution in [2.75, 3.05) is 26.6 Å². The van der Waals surface area contributed by atoms with Crippen molar-refractivity contribution < 1.29 is 33.3 Å². The second-order valence-corrected chi connectivity index (χ2v) is 5.24. The molecule has 1 saturated heterocycles. The van der Waals surface area contributed by atoms with Crippen LogP contribution in [0.3, 0.4) is 0 Å². The normalized spacial score (nSPS) is 15.7. The van der Waals surface area contributed by atoms with E-state index in [0.29, 0.717) is 22.1 Å². The molecule has 0 N–H and O–H groups in total. The van der Waals surface area contributed by atoms with Crippen LogP contribution in [-0.2, 0) is 19.1 Å². The molecule has 1 fully saturated rings. The number of carbonyl (C=O) groups excluding carboxylic acids is 3. The zero-order chi connectivity index (χ0) is 17.1. The number of ether oxygens (including phenoxy) is 4. The van der Waals surface area contributed by atoms with E-state index in [0.717, 1.165) is 11.0 Å². The average Bonchev–Trinajstić information content (AvgIpc) is 3.19. The molecule has 0 aliphatic carbocycles. The molecule has 24 heavy (non-hydrogen) atoms. The van der Waals surface area contributed by atoms with Crippen molar-refractivity contribution in [3.8, 4) is 11.5 Å². The smallest absolute Gasteiger partial charge is 0.416 e. The van der Waals surface area contributed by atoms with Gasteiger partial charge in [0.05, 0.1) is 11.6 Å². The molecule has 2 heterocycles. The van der Waals surface area contributed by atoms with Crippen LogP contribution in [-0.4, -0.2) is 49.4 Å². The van der Waals surface area contributed by atoms with Gasteiger partial charge in [0.2, 0.25) is 6.79 Å². The number of amides is 2. The molecule has 0 unspecified atom stereocenters. The van der Waals surface area contributed by atoms with E-state index < -0.39 is 24.6 Å². The average molecular weight is 354 g/mol. The van der Waals surface area contributed by atoms with Gasteiger partial charge in [-0.25, -0.2) is 14.5 Å². The first-order valence-corrected chi connectivity index (χ1v) is 7.33. The Kier molecular flexibility index (Phi) is 4.57. The summed E-state index contributed by atoms with van der Waals surface area (Å²) in [7, 11) is 0. The summed E-state index contributed by atoms with van der Waals surface area (Å²) in [5, 5.41) is 0.362. The lowest BCUT2D eigenvalue weighted by atomic mass is 10.2. The summed E-state index contributed by atoms with van der Waals surface area (Å²) in [6.07, 6.45) is 1.87. The Labute approximate surface area is 141 Å². The zero-order valence-corrected chi connectivity index (χ0v) is 13.1. The molecule has 1 aromatic rings. The van der Waals surface area contributed by atoms with Crippen molar-refractivity contribution in [3.05, 3.63) is 28.8 Å². The van der Waals surface area contributed by atoms with E-state index >= 15 is 0 Å². The predicted molar refractivity (Wildman–Crippen MR) is 80.6 cm³/mol. The van der Waals surface area contributed by atoms with Crippen molar-refractivity contribution in [3.63, 3.8) is 0 Å². The minimum atomic E-state index is -0.735. The molecule has 0 spiro atoms. The molecule has 8 nitrogen and oxygen atoms in total. The molecule has 2 aliphatic rings. The lowest BCUT2D eigenvalue weighted by Gasteiger charge is -2.09. The van der Waals surface area contributed by atoms with Gasteiger partial charge in [-0.3, -0.25) is 4.79 Å². The zero-order valence-electron chi connectivity index (χ0n) is 12.3. The first-order chi connectivity index (χ1) is 11.5. The van der Waals surface area contributed by atoms with E-state index in [2.05, 4.69) is 4.74 Å². The second kappa shape index (κ2) is 6.79. The molecule has 0 atom stereocenters. The highest BCUT2D eigenvalue weighted by Gasteiger charge is 2.28. The Balaban J connectivity index is 1.55. The highest BCUT2D eigenvalue weighted by atomic mass is 35.5. The van der Waals surface area contributed by atoms with Crippen LogP contribution in [0.15, 0.2) is 18.2 Å². The molecule has 0 aromatic heterocycles. The van der Waals surface area contributed by atoms with Crippen LogP contribution in [0.5, 0.6) is 11.5 Å². The highest BCUT2D eigenvalue weighted by Crippen LogP contribution is 2.40. The first-order valence-electron chi connectivity index (χ1n) is 6.95. The fraction of sp³-hybridized carbons (Fsp3) is 0.267. The lowest BCUT2D eigenvalue weighted by Crippen LogP contribution is -2.35. The topological polar surface area (TPSA) is 91.4 Å². The quantitative estimate of drug-likeness (QED) is 0.599. The number of fused-ring (bicyclic) bond motifs is 1. The van der Waals surface area contributed by atoms with Crippen molar-refractivity contribution >= 4 is 35.6 Å². The predicted octanol–water partition coefficient (Wildman–Crippen LogP) is 1.60. The van der Waals surface area contributed by atoms with Gasteiger partial charge in [-0.2, -0.15) is 0 Å². The monoisotopic (exact) mass is 353 g/mol. The van der Waals surface area contributed by atoms with E-state index in [4.69, 9.17) is 25.8 Å². The molecule has 3 rings (SSSR count). The molecule has 1 aromatic carbocycles. The van der Waals surface area contributed by atoms with Gasteiger partial charge < -0.3 is 18.9 Å². The highest BCUT2D eigenvalue weighted by molar-refractivity contribution is 6.32. The summed E-state index contributed by atoms with van der Waals surface area (Å²) in [6.45, 7) is -0.157. The minimum absolute atomic E-state index is 0.0886. The maximum absolute atomic E-state index is 11.7. The van der Waals surface area contributed by atoms with Crippen molar-refractivity contribution in [1.29, 1.82) is 0 Å². The summed E-state index contributed by atoms with van der Waals surface area (Å²) in [6, 6.07) is 3.26. The van der Waals surface area contributed by atoms with E-state index in [1.807, 2.05) is 0 Å². The number of nitrogens with zero attached hydrogens (tertiary/aromatic N) is 1. The Morgan fingerprint density at radius 2 is 2.12 bits per heavy atom. The maximum Gasteiger partial charge on any atom is 0.416 e. The number of halogens is 1. The molecule has 2 aliphatic heterocycles. The van der Waals surface area contributed by atoms with Crippen LogP contribution in [0, 0.1) is 0 Å². The van der Waals surface area contributed by atoms with E-state index in [-0.39, 0.29) is 19.9 Å². The number of cyclic esters (lactones) is 1. The molecule has 9 heteroatoms. The van der Waals surface area contributed by atoms with E-state index in [1.165, 1.54) is 6.08 Å². The SMILES string of the molecule is O=C(/C=C/c1cc(Cl)c2c(c1)OCO2)OCC(=O)N1CCOC1=O. The molecule has 126 valence electrons. The molecular weight excluding hydrogens is 342 g/mol. The first kappa shape index (κ1) is 16.1. The Morgan fingerprint density at radius 3 is 2.88 bits per heavy atom. The van der Waals surface area contributed by atoms with Crippen molar-refractivity contribution in [2.24, 2.45) is 0 Å². The second-order valence-electron chi connectivity index (χ2n) is 4.84. The van der Waals surface area contributed by atoms with Crippen LogP contribution in [0.1, 0.15) is 5.56 Å².